The average molecular weight is 635 g/mol. The quantitative estimate of drug-likeness (QED) is 0.118. The van der Waals surface area contributed by atoms with Crippen LogP contribution in [0.5, 0.6) is 0 Å². The van der Waals surface area contributed by atoms with Crippen LogP contribution in [0.1, 0.15) is 37.5 Å². The molecule has 0 bridgehead atoms. The maximum Gasteiger partial charge on any atom is 0.454 e. The fraction of sp³-hybridized carbons (Fsp3) is 0.161. The van der Waals surface area contributed by atoms with E-state index in [1.807, 2.05) is 0 Å². The molecule has 5 rings (SSSR count). The molecule has 0 spiro atoms. The van der Waals surface area contributed by atoms with Crippen LogP contribution in [0.15, 0.2) is 66.7 Å². The van der Waals surface area contributed by atoms with Crippen molar-refractivity contribution in [3.63, 3.8) is 0 Å². The summed E-state index contributed by atoms with van der Waals surface area (Å²) in [5, 5.41) is 0.315. The van der Waals surface area contributed by atoms with Gasteiger partial charge in [0, 0.05) is 33.0 Å². The third-order valence-corrected chi connectivity index (χ3v) is 6.87. The minimum absolute atomic E-state index is 0.0376. The van der Waals surface area contributed by atoms with Crippen LogP contribution in [0.2, 0.25) is 0 Å². The largest absolute Gasteiger partial charge is 0.454 e. The SMILES string of the molecule is Cc1ccc(Nc2c(C(=O)C(F)(F)F)cc(C(=O)C(F)(F)F)c3c2ccc2c(C(F)(F)F)nc(-c4ccc(C)cc4)nc23)cc1. The zero-order valence-corrected chi connectivity index (χ0v) is 23.0. The molecule has 1 N–H and O–H groups in total. The highest BCUT2D eigenvalue weighted by molar-refractivity contribution is 6.25. The van der Waals surface area contributed by atoms with E-state index in [0.717, 1.165) is 17.7 Å². The number of ketones is 2. The molecule has 1 aromatic heterocycles. The van der Waals surface area contributed by atoms with Crippen LogP contribution in [0.4, 0.5) is 50.9 Å². The molecule has 232 valence electrons. The number of rotatable bonds is 5. The Morgan fingerprint density at radius 1 is 0.644 bits per heavy atom. The van der Waals surface area contributed by atoms with Gasteiger partial charge in [0.1, 0.15) is 0 Å². The monoisotopic (exact) mass is 635 g/mol. The molecule has 1 heterocycles. The fourth-order valence-corrected chi connectivity index (χ4v) is 4.74. The molecule has 4 aromatic carbocycles. The fourth-order valence-electron chi connectivity index (χ4n) is 4.74. The van der Waals surface area contributed by atoms with Gasteiger partial charge >= 0.3 is 18.5 Å². The second kappa shape index (κ2) is 10.9. The summed E-state index contributed by atoms with van der Waals surface area (Å²) in [6.07, 6.45) is -16.5. The molecule has 0 fully saturated rings. The molecule has 0 aliphatic carbocycles. The molecule has 0 atom stereocenters. The van der Waals surface area contributed by atoms with Crippen molar-refractivity contribution in [2.45, 2.75) is 32.4 Å². The van der Waals surface area contributed by atoms with E-state index in [4.69, 9.17) is 0 Å². The van der Waals surface area contributed by atoms with Crippen molar-refractivity contribution < 1.29 is 49.1 Å². The predicted molar refractivity (Wildman–Crippen MR) is 147 cm³/mol. The minimum atomic E-state index is -5.70. The smallest absolute Gasteiger partial charge is 0.354 e. The maximum absolute atomic E-state index is 14.3. The lowest BCUT2D eigenvalue weighted by Crippen LogP contribution is -2.27. The van der Waals surface area contributed by atoms with E-state index < -0.39 is 80.1 Å². The van der Waals surface area contributed by atoms with Crippen LogP contribution >= 0.6 is 0 Å². The van der Waals surface area contributed by atoms with Gasteiger partial charge < -0.3 is 5.32 Å². The Bertz CT molecular complexity index is 1980. The van der Waals surface area contributed by atoms with E-state index in [1.165, 1.54) is 36.4 Å². The molecule has 14 heteroatoms. The average Bonchev–Trinajstić information content (AvgIpc) is 2.95. The Kier molecular flexibility index (Phi) is 7.58. The van der Waals surface area contributed by atoms with Gasteiger partial charge in [0.15, 0.2) is 11.5 Å². The van der Waals surface area contributed by atoms with Crippen molar-refractivity contribution in [2.24, 2.45) is 0 Å². The summed E-state index contributed by atoms with van der Waals surface area (Å²) in [6, 6.07) is 13.3. The number of nitrogens with one attached hydrogen (secondary N) is 1. The van der Waals surface area contributed by atoms with Crippen LogP contribution in [0.3, 0.4) is 0 Å². The third-order valence-electron chi connectivity index (χ3n) is 6.87. The summed E-state index contributed by atoms with van der Waals surface area (Å²) >= 11 is 0. The van der Waals surface area contributed by atoms with E-state index in [2.05, 4.69) is 15.3 Å². The van der Waals surface area contributed by atoms with E-state index >= 15 is 0 Å². The molecule has 45 heavy (non-hydrogen) atoms. The van der Waals surface area contributed by atoms with Crippen LogP contribution < -0.4 is 5.32 Å². The van der Waals surface area contributed by atoms with Crippen molar-refractivity contribution in [1.82, 2.24) is 9.97 Å². The Hall–Kier alpha value is -5.01. The van der Waals surface area contributed by atoms with Gasteiger partial charge in [-0.3, -0.25) is 9.59 Å². The first kappa shape index (κ1) is 31.4. The maximum atomic E-state index is 14.3. The van der Waals surface area contributed by atoms with Gasteiger partial charge in [-0.05, 0) is 38.1 Å². The third kappa shape index (κ3) is 6.04. The van der Waals surface area contributed by atoms with Crippen molar-refractivity contribution in [2.75, 3.05) is 5.32 Å². The zero-order chi connectivity index (χ0) is 33.1. The lowest BCUT2D eigenvalue weighted by atomic mass is 9.91. The Morgan fingerprint density at radius 2 is 1.16 bits per heavy atom. The lowest BCUT2D eigenvalue weighted by molar-refractivity contribution is -0.139. The number of alkyl halides is 9. The highest BCUT2D eigenvalue weighted by Crippen LogP contribution is 2.43. The first-order valence-electron chi connectivity index (χ1n) is 12.9. The van der Waals surface area contributed by atoms with Gasteiger partial charge in [-0.1, -0.05) is 53.6 Å². The number of aryl methyl sites for hydroxylation is 2. The van der Waals surface area contributed by atoms with E-state index in [0.29, 0.717) is 5.56 Å². The van der Waals surface area contributed by atoms with Crippen LogP contribution in [-0.4, -0.2) is 33.9 Å². The van der Waals surface area contributed by atoms with Crippen molar-refractivity contribution in [3.8, 4) is 11.4 Å². The van der Waals surface area contributed by atoms with E-state index in [9.17, 15) is 49.1 Å². The summed E-state index contributed by atoms with van der Waals surface area (Å²) in [5.41, 5.74) is -4.32. The van der Waals surface area contributed by atoms with Crippen LogP contribution in [0, 0.1) is 13.8 Å². The first-order chi connectivity index (χ1) is 20.9. The molecular formula is C31H18F9N3O2. The van der Waals surface area contributed by atoms with Crippen molar-refractivity contribution >= 4 is 44.6 Å². The number of halogens is 9. The van der Waals surface area contributed by atoms with Gasteiger partial charge in [0.2, 0.25) is 0 Å². The summed E-state index contributed by atoms with van der Waals surface area (Å²) in [7, 11) is 0. The number of Topliss-reactive ketones (excluding diaryl/α,β-unsaturated/α-hetero) is 2. The molecule has 0 unspecified atom stereocenters. The van der Waals surface area contributed by atoms with E-state index in [-0.39, 0.29) is 17.3 Å². The zero-order valence-electron chi connectivity index (χ0n) is 23.0. The summed E-state index contributed by atoms with van der Waals surface area (Å²) in [6.45, 7) is 3.39. The minimum Gasteiger partial charge on any atom is -0.354 e. The van der Waals surface area contributed by atoms with Gasteiger partial charge in [-0.25, -0.2) is 9.97 Å². The highest BCUT2D eigenvalue weighted by Gasteiger charge is 2.45. The molecular weight excluding hydrogens is 617 g/mol. The normalized spacial score (nSPS) is 12.5. The number of carbonyl (C=O) groups excluding carboxylic acids is 2. The van der Waals surface area contributed by atoms with Crippen LogP contribution in [0.25, 0.3) is 33.1 Å². The van der Waals surface area contributed by atoms with Crippen LogP contribution in [-0.2, 0) is 6.18 Å². The topological polar surface area (TPSA) is 72.0 Å². The number of aromatic nitrogens is 2. The van der Waals surface area contributed by atoms with Gasteiger partial charge in [-0.15, -0.1) is 0 Å². The Morgan fingerprint density at radius 3 is 1.69 bits per heavy atom. The summed E-state index contributed by atoms with van der Waals surface area (Å²) in [5.74, 6) is -5.85. The summed E-state index contributed by atoms with van der Waals surface area (Å²) < 4.78 is 126. The summed E-state index contributed by atoms with van der Waals surface area (Å²) in [4.78, 5) is 33.0. The predicted octanol–water partition coefficient (Wildman–Crippen LogP) is 9.32. The Labute approximate surface area is 247 Å². The number of carbonyl (C=O) groups is 2. The molecule has 0 amide bonds. The first-order valence-corrected chi connectivity index (χ1v) is 12.9. The number of hydrogen-bond donors (Lipinski definition) is 1. The highest BCUT2D eigenvalue weighted by atomic mass is 19.4. The molecule has 0 aliphatic rings. The van der Waals surface area contributed by atoms with Crippen molar-refractivity contribution in [1.29, 1.82) is 0 Å². The molecule has 0 saturated carbocycles. The van der Waals surface area contributed by atoms with Crippen molar-refractivity contribution in [3.05, 3.63) is 94.7 Å². The van der Waals surface area contributed by atoms with E-state index in [1.54, 1.807) is 26.0 Å². The number of hydrogen-bond acceptors (Lipinski definition) is 5. The number of fused-ring (bicyclic) bond motifs is 3. The lowest BCUT2D eigenvalue weighted by Gasteiger charge is -2.20. The molecule has 5 aromatic rings. The molecule has 0 radical (unpaired) electrons. The molecule has 0 aliphatic heterocycles. The van der Waals surface area contributed by atoms with Gasteiger partial charge in [0.05, 0.1) is 16.8 Å². The standard InChI is InChI=1S/C31H18F9N3O2/c1-14-3-7-16(8-4-14)28-42-24-19(25(43-28)29(32,33)34)12-11-18-22(24)20(26(44)30(35,36)37)13-21(27(45)31(38,39)40)23(18)41-17-9-5-15(2)6-10-17/h3-13,41H,1-2H3. The molecule has 0 saturated heterocycles. The van der Waals surface area contributed by atoms with Gasteiger partial charge in [0.25, 0.3) is 11.6 Å². The molecule has 5 nitrogen and oxygen atoms in total. The Balaban J connectivity index is 2.00. The number of anilines is 2. The second-order valence-electron chi connectivity index (χ2n) is 10.1. The van der Waals surface area contributed by atoms with Gasteiger partial charge in [-0.2, -0.15) is 39.5 Å². The second-order valence-corrected chi connectivity index (χ2v) is 10.1. The number of nitrogens with zero attached hydrogens (tertiary/aromatic N) is 2. The number of benzene rings is 4.